The van der Waals surface area contributed by atoms with Crippen molar-refractivity contribution in [3.05, 3.63) is 33.9 Å². The maximum atomic E-state index is 11.0. The van der Waals surface area contributed by atoms with E-state index in [2.05, 4.69) is 0 Å². The predicted molar refractivity (Wildman–Crippen MR) is 66.6 cm³/mol. The third-order valence-corrected chi connectivity index (χ3v) is 2.29. The summed E-state index contributed by atoms with van der Waals surface area (Å²) < 4.78 is 10.6. The summed E-state index contributed by atoms with van der Waals surface area (Å²) in [6, 6.07) is 3.63. The lowest BCUT2D eigenvalue weighted by molar-refractivity contribution is -0.385. The van der Waals surface area contributed by atoms with Gasteiger partial charge in [0.05, 0.1) is 11.5 Å². The molecular formula is C12H15NO6. The topological polar surface area (TPSA) is 98.9 Å². The molecule has 7 nitrogen and oxygen atoms in total. The van der Waals surface area contributed by atoms with E-state index in [0.717, 1.165) is 12.1 Å². The molecule has 0 aliphatic carbocycles. The third-order valence-electron chi connectivity index (χ3n) is 2.29. The van der Waals surface area contributed by atoms with Gasteiger partial charge in [-0.25, -0.2) is 4.79 Å². The van der Waals surface area contributed by atoms with Crippen LogP contribution in [-0.4, -0.2) is 35.3 Å². The van der Waals surface area contributed by atoms with Crippen LogP contribution < -0.4 is 4.74 Å². The van der Waals surface area contributed by atoms with Crippen LogP contribution in [0.25, 0.3) is 0 Å². The molecule has 1 atom stereocenters. The Morgan fingerprint density at radius 3 is 2.74 bits per heavy atom. The second-order valence-electron chi connectivity index (χ2n) is 3.83. The molecule has 1 rings (SSSR count). The normalized spacial score (nSPS) is 11.9. The summed E-state index contributed by atoms with van der Waals surface area (Å²) in [7, 11) is 0. The maximum Gasteiger partial charge on any atom is 0.342 e. The smallest absolute Gasteiger partial charge is 0.342 e. The summed E-state index contributed by atoms with van der Waals surface area (Å²) in [6.07, 6.45) is -0.275. The van der Waals surface area contributed by atoms with Crippen molar-refractivity contribution in [2.75, 3.05) is 13.2 Å². The lowest BCUT2D eigenvalue weighted by Gasteiger charge is -2.14. The van der Waals surface area contributed by atoms with Gasteiger partial charge in [-0.1, -0.05) is 0 Å². The van der Waals surface area contributed by atoms with Crippen LogP contribution in [0.15, 0.2) is 18.2 Å². The second kappa shape index (κ2) is 6.69. The molecule has 104 valence electrons. The van der Waals surface area contributed by atoms with Crippen LogP contribution in [0.3, 0.4) is 0 Å². The zero-order chi connectivity index (χ0) is 14.4. The maximum absolute atomic E-state index is 11.0. The summed E-state index contributed by atoms with van der Waals surface area (Å²) in [5.74, 6) is -1.11. The average Bonchev–Trinajstić information content (AvgIpc) is 2.35. The molecule has 0 radical (unpaired) electrons. The Kier molecular flexibility index (Phi) is 5.25. The number of hydrogen-bond donors (Lipinski definition) is 1. The fourth-order valence-electron chi connectivity index (χ4n) is 1.47. The highest BCUT2D eigenvalue weighted by Crippen LogP contribution is 2.24. The fourth-order valence-corrected chi connectivity index (χ4v) is 1.47. The minimum atomic E-state index is -1.37. The van der Waals surface area contributed by atoms with Crippen LogP contribution >= 0.6 is 0 Å². The number of carboxylic acid groups (broad SMARTS) is 1. The van der Waals surface area contributed by atoms with Gasteiger partial charge in [0.1, 0.15) is 17.4 Å². The van der Waals surface area contributed by atoms with Gasteiger partial charge in [0.25, 0.3) is 5.69 Å². The number of ether oxygens (including phenoxy) is 2. The first kappa shape index (κ1) is 14.9. The number of aromatic carboxylic acids is 1. The van der Waals surface area contributed by atoms with E-state index in [1.54, 1.807) is 6.92 Å². The Labute approximate surface area is 109 Å². The van der Waals surface area contributed by atoms with Crippen LogP contribution in [-0.2, 0) is 4.74 Å². The quantitative estimate of drug-likeness (QED) is 0.601. The highest BCUT2D eigenvalue weighted by Gasteiger charge is 2.20. The summed E-state index contributed by atoms with van der Waals surface area (Å²) in [4.78, 5) is 20.9. The van der Waals surface area contributed by atoms with Crippen molar-refractivity contribution >= 4 is 11.7 Å². The Balaban J connectivity index is 2.90. The van der Waals surface area contributed by atoms with Gasteiger partial charge in [-0.2, -0.15) is 0 Å². The number of carbonyl (C=O) groups is 1. The van der Waals surface area contributed by atoms with Crippen LogP contribution in [0.4, 0.5) is 5.69 Å². The van der Waals surface area contributed by atoms with Gasteiger partial charge in [-0.15, -0.1) is 0 Å². The van der Waals surface area contributed by atoms with Crippen LogP contribution in [0.5, 0.6) is 5.75 Å². The summed E-state index contributed by atoms with van der Waals surface area (Å²) in [5.41, 5.74) is -0.858. The van der Waals surface area contributed by atoms with Gasteiger partial charge in [-0.3, -0.25) is 10.1 Å². The van der Waals surface area contributed by atoms with E-state index in [4.69, 9.17) is 14.6 Å². The van der Waals surface area contributed by atoms with E-state index >= 15 is 0 Å². The van der Waals surface area contributed by atoms with Crippen molar-refractivity contribution in [2.24, 2.45) is 0 Å². The number of nitro groups is 1. The summed E-state index contributed by atoms with van der Waals surface area (Å²) in [6.45, 7) is 4.52. The molecule has 0 bridgehead atoms. The zero-order valence-electron chi connectivity index (χ0n) is 10.7. The molecule has 0 amide bonds. The monoisotopic (exact) mass is 269 g/mol. The average molecular weight is 269 g/mol. The molecule has 0 fully saturated rings. The highest BCUT2D eigenvalue weighted by atomic mass is 16.6. The number of carboxylic acids is 1. The number of rotatable bonds is 7. The Morgan fingerprint density at radius 1 is 1.53 bits per heavy atom. The Morgan fingerprint density at radius 2 is 2.21 bits per heavy atom. The molecule has 0 saturated heterocycles. The van der Waals surface area contributed by atoms with E-state index in [9.17, 15) is 14.9 Å². The van der Waals surface area contributed by atoms with E-state index in [1.165, 1.54) is 6.07 Å². The molecule has 1 N–H and O–H groups in total. The molecule has 1 aromatic carbocycles. The molecule has 0 spiro atoms. The molecule has 0 aliphatic rings. The van der Waals surface area contributed by atoms with E-state index < -0.39 is 22.1 Å². The van der Waals surface area contributed by atoms with Crippen molar-refractivity contribution in [3.8, 4) is 5.75 Å². The molecule has 7 heteroatoms. The molecule has 0 aliphatic heterocycles. The number of benzene rings is 1. The van der Waals surface area contributed by atoms with E-state index in [-0.39, 0.29) is 11.9 Å². The van der Waals surface area contributed by atoms with Crippen LogP contribution in [0.1, 0.15) is 24.2 Å². The first-order valence-electron chi connectivity index (χ1n) is 5.71. The molecule has 1 unspecified atom stereocenters. The molecular weight excluding hydrogens is 254 g/mol. The minimum Gasteiger partial charge on any atom is -0.488 e. The van der Waals surface area contributed by atoms with Gasteiger partial charge in [0.2, 0.25) is 0 Å². The first-order chi connectivity index (χ1) is 8.95. The molecule has 0 heterocycles. The first-order valence-corrected chi connectivity index (χ1v) is 5.71. The van der Waals surface area contributed by atoms with Crippen molar-refractivity contribution in [3.63, 3.8) is 0 Å². The standard InChI is InChI=1S/C12H15NO6/c1-3-18-7-8(2)19-9-4-5-11(13(16)17)10(6-9)12(14)15/h4-6,8H,3,7H2,1-2H3,(H,14,15). The summed E-state index contributed by atoms with van der Waals surface area (Å²) in [5, 5.41) is 19.6. The van der Waals surface area contributed by atoms with Gasteiger partial charge < -0.3 is 14.6 Å². The van der Waals surface area contributed by atoms with Crippen molar-refractivity contribution < 1.29 is 24.3 Å². The molecule has 19 heavy (non-hydrogen) atoms. The van der Waals surface area contributed by atoms with Gasteiger partial charge in [0, 0.05) is 18.7 Å². The van der Waals surface area contributed by atoms with E-state index in [0.29, 0.717) is 13.2 Å². The predicted octanol–water partition coefficient (Wildman–Crippen LogP) is 2.10. The largest absolute Gasteiger partial charge is 0.488 e. The van der Waals surface area contributed by atoms with Gasteiger partial charge in [-0.05, 0) is 19.9 Å². The van der Waals surface area contributed by atoms with Crippen LogP contribution in [0, 0.1) is 10.1 Å². The number of nitrogens with zero attached hydrogens (tertiary/aromatic N) is 1. The SMILES string of the molecule is CCOCC(C)Oc1ccc([N+](=O)[O-])c(C(=O)O)c1. The van der Waals surface area contributed by atoms with Crippen molar-refractivity contribution in [1.82, 2.24) is 0 Å². The lowest BCUT2D eigenvalue weighted by atomic mass is 10.1. The lowest BCUT2D eigenvalue weighted by Crippen LogP contribution is -2.19. The third kappa shape index (κ3) is 4.22. The van der Waals surface area contributed by atoms with Gasteiger partial charge >= 0.3 is 5.97 Å². The van der Waals surface area contributed by atoms with Gasteiger partial charge in [0.15, 0.2) is 0 Å². The number of hydrogen-bond acceptors (Lipinski definition) is 5. The summed E-state index contributed by atoms with van der Waals surface area (Å²) >= 11 is 0. The number of nitro benzene ring substituents is 1. The fraction of sp³-hybridized carbons (Fsp3) is 0.417. The zero-order valence-corrected chi connectivity index (χ0v) is 10.7. The second-order valence-corrected chi connectivity index (χ2v) is 3.83. The van der Waals surface area contributed by atoms with Crippen LogP contribution in [0.2, 0.25) is 0 Å². The van der Waals surface area contributed by atoms with E-state index in [1.807, 2.05) is 6.92 Å². The molecule has 0 saturated carbocycles. The Hall–Kier alpha value is -2.15. The van der Waals surface area contributed by atoms with Crippen molar-refractivity contribution in [2.45, 2.75) is 20.0 Å². The molecule has 0 aromatic heterocycles. The van der Waals surface area contributed by atoms with Crippen molar-refractivity contribution in [1.29, 1.82) is 0 Å². The molecule has 1 aromatic rings. The minimum absolute atomic E-state index is 0.259. The highest BCUT2D eigenvalue weighted by molar-refractivity contribution is 5.92. The Bertz CT molecular complexity index is 473.